The topological polar surface area (TPSA) is 61.2 Å². The van der Waals surface area contributed by atoms with Gasteiger partial charge in [0, 0.05) is 5.57 Å². The molecule has 0 spiro atoms. The van der Waals surface area contributed by atoms with Crippen molar-refractivity contribution in [3.8, 4) is 0 Å². The molecule has 0 aromatic rings. The van der Waals surface area contributed by atoms with Gasteiger partial charge < -0.3 is 5.11 Å². The fourth-order valence-electron chi connectivity index (χ4n) is 0.877. The molecule has 1 aliphatic rings. The number of rotatable bonds is 1. The molecule has 56 valence electrons. The van der Waals surface area contributed by atoms with Gasteiger partial charge in [0.2, 0.25) is 0 Å². The SMILES string of the molecule is N=C=C1C=CC=CC1C(=O)O. The van der Waals surface area contributed by atoms with Crippen LogP contribution in [0.4, 0.5) is 0 Å². The molecule has 0 saturated carbocycles. The highest BCUT2D eigenvalue weighted by Crippen LogP contribution is 2.15. The zero-order valence-electron chi connectivity index (χ0n) is 5.74. The quantitative estimate of drug-likeness (QED) is 0.546. The molecule has 3 nitrogen and oxygen atoms in total. The van der Waals surface area contributed by atoms with Crippen LogP contribution in [0, 0.1) is 11.3 Å². The van der Waals surface area contributed by atoms with Crippen LogP contribution in [0.2, 0.25) is 0 Å². The summed E-state index contributed by atoms with van der Waals surface area (Å²) in [6.45, 7) is 0. The maximum absolute atomic E-state index is 10.5. The lowest BCUT2D eigenvalue weighted by atomic mass is 9.96. The van der Waals surface area contributed by atoms with Gasteiger partial charge >= 0.3 is 5.97 Å². The molecule has 0 heterocycles. The molecule has 0 bridgehead atoms. The van der Waals surface area contributed by atoms with Crippen LogP contribution in [0.3, 0.4) is 0 Å². The van der Waals surface area contributed by atoms with Gasteiger partial charge in [-0.25, -0.2) is 0 Å². The van der Waals surface area contributed by atoms with E-state index < -0.39 is 11.9 Å². The number of nitrogens with one attached hydrogen (secondary N) is 1. The second-order valence-electron chi connectivity index (χ2n) is 2.14. The Morgan fingerprint density at radius 3 is 2.82 bits per heavy atom. The first-order valence-corrected chi connectivity index (χ1v) is 3.13. The summed E-state index contributed by atoms with van der Waals surface area (Å²) >= 11 is 0. The molecular weight excluding hydrogens is 142 g/mol. The van der Waals surface area contributed by atoms with Gasteiger partial charge in [-0.15, -0.1) is 0 Å². The minimum Gasteiger partial charge on any atom is -0.481 e. The summed E-state index contributed by atoms with van der Waals surface area (Å²) in [5.74, 6) is 0.442. The molecule has 3 heteroatoms. The van der Waals surface area contributed by atoms with Gasteiger partial charge in [-0.2, -0.15) is 0 Å². The van der Waals surface area contributed by atoms with E-state index in [1.165, 1.54) is 6.08 Å². The highest BCUT2D eigenvalue weighted by Gasteiger charge is 2.18. The second kappa shape index (κ2) is 2.99. The minimum atomic E-state index is -0.944. The molecule has 2 N–H and O–H groups in total. The minimum absolute atomic E-state index is 0.389. The van der Waals surface area contributed by atoms with E-state index in [9.17, 15) is 4.79 Å². The maximum atomic E-state index is 10.5. The van der Waals surface area contributed by atoms with Crippen molar-refractivity contribution in [1.82, 2.24) is 0 Å². The van der Waals surface area contributed by atoms with Crippen molar-refractivity contribution < 1.29 is 9.90 Å². The molecule has 0 fully saturated rings. The molecule has 0 amide bonds. The molecular formula is C8H7NO2. The van der Waals surface area contributed by atoms with Crippen molar-refractivity contribution >= 4 is 11.8 Å². The molecule has 0 aliphatic heterocycles. The lowest BCUT2D eigenvalue weighted by Gasteiger charge is -2.07. The van der Waals surface area contributed by atoms with Crippen LogP contribution in [0.15, 0.2) is 29.9 Å². The summed E-state index contributed by atoms with van der Waals surface area (Å²) in [5.41, 5.74) is 0.389. The van der Waals surface area contributed by atoms with Crippen LogP contribution in [0.1, 0.15) is 0 Å². The van der Waals surface area contributed by atoms with Crippen LogP contribution < -0.4 is 0 Å². The number of hydrogen-bond donors (Lipinski definition) is 2. The van der Waals surface area contributed by atoms with Gasteiger partial charge in [-0.05, 0) is 11.9 Å². The third kappa shape index (κ3) is 1.45. The van der Waals surface area contributed by atoms with Gasteiger partial charge in [-0.1, -0.05) is 18.2 Å². The van der Waals surface area contributed by atoms with Gasteiger partial charge in [0.15, 0.2) is 0 Å². The zero-order valence-corrected chi connectivity index (χ0v) is 5.74. The van der Waals surface area contributed by atoms with E-state index in [1.54, 1.807) is 18.2 Å². The molecule has 0 saturated heterocycles. The molecule has 11 heavy (non-hydrogen) atoms. The monoisotopic (exact) mass is 149 g/mol. The third-order valence-corrected chi connectivity index (χ3v) is 1.44. The Hall–Kier alpha value is -1.60. The average molecular weight is 149 g/mol. The summed E-state index contributed by atoms with van der Waals surface area (Å²) < 4.78 is 0. The Kier molecular flexibility index (Phi) is 2.04. The van der Waals surface area contributed by atoms with Crippen LogP contribution in [-0.4, -0.2) is 16.9 Å². The average Bonchev–Trinajstić information content (AvgIpc) is 2.04. The van der Waals surface area contributed by atoms with Crippen molar-refractivity contribution in [3.05, 3.63) is 29.9 Å². The predicted octanol–water partition coefficient (Wildman–Crippen LogP) is 0.988. The van der Waals surface area contributed by atoms with Crippen molar-refractivity contribution in [2.75, 3.05) is 0 Å². The molecule has 0 aromatic carbocycles. The van der Waals surface area contributed by atoms with Crippen LogP contribution in [0.5, 0.6) is 0 Å². The Balaban J connectivity index is 2.97. The van der Waals surface area contributed by atoms with E-state index in [2.05, 4.69) is 5.87 Å². The van der Waals surface area contributed by atoms with Crippen molar-refractivity contribution in [3.63, 3.8) is 0 Å². The molecule has 1 atom stereocenters. The van der Waals surface area contributed by atoms with Gasteiger partial charge in [0.25, 0.3) is 0 Å². The Morgan fingerprint density at radius 1 is 1.64 bits per heavy atom. The van der Waals surface area contributed by atoms with Crippen molar-refractivity contribution in [1.29, 1.82) is 5.41 Å². The molecule has 1 unspecified atom stereocenters. The van der Waals surface area contributed by atoms with Crippen LogP contribution >= 0.6 is 0 Å². The Morgan fingerprint density at radius 2 is 2.36 bits per heavy atom. The van der Waals surface area contributed by atoms with E-state index in [4.69, 9.17) is 10.5 Å². The van der Waals surface area contributed by atoms with Gasteiger partial charge in [-0.3, -0.25) is 10.2 Å². The number of aliphatic carboxylic acids is 1. The van der Waals surface area contributed by atoms with E-state index in [1.807, 2.05) is 0 Å². The Labute approximate surface area is 63.9 Å². The molecule has 0 aromatic heterocycles. The molecule has 1 rings (SSSR count). The number of carboxylic acid groups (broad SMARTS) is 1. The first kappa shape index (κ1) is 7.51. The first-order chi connectivity index (χ1) is 5.25. The van der Waals surface area contributed by atoms with E-state index in [0.717, 1.165) is 0 Å². The number of allylic oxidation sites excluding steroid dienone is 3. The lowest BCUT2D eigenvalue weighted by molar-refractivity contribution is -0.138. The lowest BCUT2D eigenvalue weighted by Crippen LogP contribution is -2.14. The van der Waals surface area contributed by atoms with E-state index in [-0.39, 0.29) is 0 Å². The summed E-state index contributed by atoms with van der Waals surface area (Å²) in [7, 11) is 0. The van der Waals surface area contributed by atoms with Crippen molar-refractivity contribution in [2.24, 2.45) is 5.92 Å². The Bertz CT molecular complexity index is 282. The number of carbonyl (C=O) groups is 1. The predicted molar refractivity (Wildman–Crippen MR) is 40.6 cm³/mol. The highest BCUT2D eigenvalue weighted by atomic mass is 16.4. The standard InChI is InChI=1S/C8H7NO2/c9-5-6-3-1-2-4-7(6)8(10)11/h1-4,7,9H,(H,10,11). The van der Waals surface area contributed by atoms with Crippen molar-refractivity contribution in [2.45, 2.75) is 0 Å². The van der Waals surface area contributed by atoms with Crippen LogP contribution in [0.25, 0.3) is 0 Å². The fraction of sp³-hybridized carbons (Fsp3) is 0.125. The maximum Gasteiger partial charge on any atom is 0.315 e. The van der Waals surface area contributed by atoms with E-state index >= 15 is 0 Å². The smallest absolute Gasteiger partial charge is 0.315 e. The summed E-state index contributed by atoms with van der Waals surface area (Å²) in [4.78, 5) is 10.5. The van der Waals surface area contributed by atoms with Gasteiger partial charge in [0.05, 0.1) is 0 Å². The highest BCUT2D eigenvalue weighted by molar-refractivity contribution is 5.82. The second-order valence-corrected chi connectivity index (χ2v) is 2.14. The normalized spacial score (nSPS) is 21.5. The summed E-state index contributed by atoms with van der Waals surface area (Å²) in [5, 5.41) is 15.4. The number of hydrogen-bond acceptors (Lipinski definition) is 2. The largest absolute Gasteiger partial charge is 0.481 e. The summed E-state index contributed by atoms with van der Waals surface area (Å²) in [6.07, 6.45) is 6.45. The van der Waals surface area contributed by atoms with Crippen LogP contribution in [-0.2, 0) is 4.79 Å². The third-order valence-electron chi connectivity index (χ3n) is 1.44. The zero-order chi connectivity index (χ0) is 8.27. The number of carboxylic acids is 1. The van der Waals surface area contributed by atoms with Gasteiger partial charge in [0.1, 0.15) is 5.92 Å². The summed E-state index contributed by atoms with van der Waals surface area (Å²) in [6, 6.07) is 0. The first-order valence-electron chi connectivity index (χ1n) is 3.13. The molecule has 0 radical (unpaired) electrons. The van der Waals surface area contributed by atoms with E-state index in [0.29, 0.717) is 5.57 Å². The molecule has 1 aliphatic carbocycles. The fourth-order valence-corrected chi connectivity index (χ4v) is 0.877.